The van der Waals surface area contributed by atoms with Crippen molar-refractivity contribution in [1.82, 2.24) is 0 Å². The van der Waals surface area contributed by atoms with Gasteiger partial charge in [0, 0.05) is 23.6 Å². The number of rotatable bonds is 5. The summed E-state index contributed by atoms with van der Waals surface area (Å²) < 4.78 is 5.54. The number of aliphatic hydroxyl groups is 1. The van der Waals surface area contributed by atoms with E-state index < -0.39 is 0 Å². The number of hydrogen-bond acceptors (Lipinski definition) is 3. The summed E-state index contributed by atoms with van der Waals surface area (Å²) >= 11 is 0. The van der Waals surface area contributed by atoms with Crippen molar-refractivity contribution in [2.24, 2.45) is 11.1 Å². The summed E-state index contributed by atoms with van der Waals surface area (Å²) in [6.07, 6.45) is 0. The van der Waals surface area contributed by atoms with Gasteiger partial charge < -0.3 is 15.6 Å². The Morgan fingerprint density at radius 3 is 2.56 bits per heavy atom. The van der Waals surface area contributed by atoms with Crippen LogP contribution >= 0.6 is 0 Å². The standard InChI is InChI=1S/C13H21NO2/c1-4-16-11-8-6-5-7-10(11)12(14)13(2,3)9-15/h5-8,12,15H,4,9,14H2,1-3H3/t12-/m0/s1. The third kappa shape index (κ3) is 2.74. The van der Waals surface area contributed by atoms with Crippen molar-refractivity contribution >= 4 is 0 Å². The highest BCUT2D eigenvalue weighted by molar-refractivity contribution is 5.36. The predicted molar refractivity (Wildman–Crippen MR) is 65.4 cm³/mol. The van der Waals surface area contributed by atoms with Gasteiger partial charge >= 0.3 is 0 Å². The summed E-state index contributed by atoms with van der Waals surface area (Å²) in [6.45, 7) is 6.50. The fourth-order valence-corrected chi connectivity index (χ4v) is 1.54. The summed E-state index contributed by atoms with van der Waals surface area (Å²) in [6, 6.07) is 7.48. The van der Waals surface area contributed by atoms with Crippen LogP contribution in [0.1, 0.15) is 32.4 Å². The quantitative estimate of drug-likeness (QED) is 0.803. The highest BCUT2D eigenvalue weighted by atomic mass is 16.5. The van der Waals surface area contributed by atoms with Gasteiger partial charge in [0.15, 0.2) is 0 Å². The molecule has 0 aliphatic carbocycles. The molecule has 0 aliphatic heterocycles. The first kappa shape index (κ1) is 13.0. The van der Waals surface area contributed by atoms with Crippen molar-refractivity contribution in [3.05, 3.63) is 29.8 Å². The van der Waals surface area contributed by atoms with E-state index in [1.807, 2.05) is 45.0 Å². The van der Waals surface area contributed by atoms with E-state index in [0.29, 0.717) is 6.61 Å². The Hall–Kier alpha value is -1.06. The van der Waals surface area contributed by atoms with Crippen molar-refractivity contribution in [3.8, 4) is 5.75 Å². The Morgan fingerprint density at radius 1 is 1.38 bits per heavy atom. The second kappa shape index (κ2) is 5.32. The molecule has 0 bridgehead atoms. The van der Waals surface area contributed by atoms with E-state index in [1.54, 1.807) is 0 Å². The molecule has 0 unspecified atom stereocenters. The van der Waals surface area contributed by atoms with Crippen LogP contribution in [0.4, 0.5) is 0 Å². The van der Waals surface area contributed by atoms with E-state index in [9.17, 15) is 5.11 Å². The zero-order chi connectivity index (χ0) is 12.2. The van der Waals surface area contributed by atoms with Gasteiger partial charge in [0.25, 0.3) is 0 Å². The van der Waals surface area contributed by atoms with Crippen molar-refractivity contribution in [1.29, 1.82) is 0 Å². The fraction of sp³-hybridized carbons (Fsp3) is 0.538. The fourth-order valence-electron chi connectivity index (χ4n) is 1.54. The zero-order valence-corrected chi connectivity index (χ0v) is 10.2. The molecule has 0 saturated heterocycles. The van der Waals surface area contributed by atoms with E-state index in [2.05, 4.69) is 0 Å². The number of hydrogen-bond donors (Lipinski definition) is 2. The van der Waals surface area contributed by atoms with Crippen molar-refractivity contribution in [2.75, 3.05) is 13.2 Å². The largest absolute Gasteiger partial charge is 0.494 e. The highest BCUT2D eigenvalue weighted by Crippen LogP contribution is 2.35. The van der Waals surface area contributed by atoms with Gasteiger partial charge in [-0.2, -0.15) is 0 Å². The van der Waals surface area contributed by atoms with Gasteiger partial charge in [0.1, 0.15) is 5.75 Å². The molecule has 0 amide bonds. The van der Waals surface area contributed by atoms with E-state index in [4.69, 9.17) is 10.5 Å². The first-order chi connectivity index (χ1) is 7.53. The zero-order valence-electron chi connectivity index (χ0n) is 10.2. The Kier molecular flexibility index (Phi) is 4.33. The summed E-state index contributed by atoms with van der Waals surface area (Å²) in [5, 5.41) is 9.33. The lowest BCUT2D eigenvalue weighted by atomic mass is 9.81. The molecular weight excluding hydrogens is 202 g/mol. The summed E-state index contributed by atoms with van der Waals surface area (Å²) in [4.78, 5) is 0. The van der Waals surface area contributed by atoms with Gasteiger partial charge in [-0.3, -0.25) is 0 Å². The number of ether oxygens (including phenoxy) is 1. The highest BCUT2D eigenvalue weighted by Gasteiger charge is 2.28. The summed E-state index contributed by atoms with van der Waals surface area (Å²) in [5.74, 6) is 0.805. The second-order valence-corrected chi connectivity index (χ2v) is 4.60. The third-order valence-corrected chi connectivity index (χ3v) is 2.80. The molecule has 90 valence electrons. The molecule has 16 heavy (non-hydrogen) atoms. The Bertz CT molecular complexity index is 336. The molecule has 1 atom stereocenters. The first-order valence-electron chi connectivity index (χ1n) is 5.61. The molecular formula is C13H21NO2. The van der Waals surface area contributed by atoms with Crippen LogP contribution in [-0.2, 0) is 0 Å². The van der Waals surface area contributed by atoms with Crippen LogP contribution in [0, 0.1) is 5.41 Å². The van der Waals surface area contributed by atoms with Gasteiger partial charge in [0.05, 0.1) is 6.61 Å². The Morgan fingerprint density at radius 2 is 2.00 bits per heavy atom. The van der Waals surface area contributed by atoms with Crippen LogP contribution in [0.5, 0.6) is 5.75 Å². The SMILES string of the molecule is CCOc1ccccc1[C@H](N)C(C)(C)CO. The molecule has 0 radical (unpaired) electrons. The predicted octanol–water partition coefficient (Wildman–Crippen LogP) is 2.10. The second-order valence-electron chi connectivity index (χ2n) is 4.60. The molecule has 0 fully saturated rings. The molecule has 0 aromatic heterocycles. The number of para-hydroxylation sites is 1. The van der Waals surface area contributed by atoms with E-state index in [1.165, 1.54) is 0 Å². The molecule has 1 aromatic rings. The average molecular weight is 223 g/mol. The number of aliphatic hydroxyl groups excluding tert-OH is 1. The minimum Gasteiger partial charge on any atom is -0.494 e. The van der Waals surface area contributed by atoms with E-state index in [0.717, 1.165) is 11.3 Å². The maximum absolute atomic E-state index is 9.33. The van der Waals surface area contributed by atoms with Crippen molar-refractivity contribution in [2.45, 2.75) is 26.8 Å². The van der Waals surface area contributed by atoms with Crippen LogP contribution in [0.2, 0.25) is 0 Å². The molecule has 0 heterocycles. The van der Waals surface area contributed by atoms with Crippen LogP contribution < -0.4 is 10.5 Å². The minimum atomic E-state index is -0.354. The molecule has 3 N–H and O–H groups in total. The lowest BCUT2D eigenvalue weighted by Gasteiger charge is -2.30. The van der Waals surface area contributed by atoms with E-state index in [-0.39, 0.29) is 18.1 Å². The first-order valence-corrected chi connectivity index (χ1v) is 5.61. The smallest absolute Gasteiger partial charge is 0.124 e. The molecule has 0 spiro atoms. The molecule has 0 aliphatic rings. The number of nitrogens with two attached hydrogens (primary N) is 1. The van der Waals surface area contributed by atoms with Crippen LogP contribution in [0.15, 0.2) is 24.3 Å². The average Bonchev–Trinajstić information content (AvgIpc) is 2.29. The molecule has 3 heteroatoms. The van der Waals surface area contributed by atoms with Gasteiger partial charge in [0.2, 0.25) is 0 Å². The monoisotopic (exact) mass is 223 g/mol. The number of benzene rings is 1. The molecule has 1 aromatic carbocycles. The van der Waals surface area contributed by atoms with Crippen LogP contribution in [-0.4, -0.2) is 18.3 Å². The Balaban J connectivity index is 3.02. The molecule has 0 saturated carbocycles. The lowest BCUT2D eigenvalue weighted by molar-refractivity contribution is 0.130. The van der Waals surface area contributed by atoms with Crippen molar-refractivity contribution in [3.63, 3.8) is 0 Å². The molecule has 1 rings (SSSR count). The lowest BCUT2D eigenvalue weighted by Crippen LogP contribution is -2.32. The van der Waals surface area contributed by atoms with Gasteiger partial charge in [-0.15, -0.1) is 0 Å². The third-order valence-electron chi connectivity index (χ3n) is 2.80. The Labute approximate surface area is 97.2 Å². The van der Waals surface area contributed by atoms with Crippen molar-refractivity contribution < 1.29 is 9.84 Å². The summed E-state index contributed by atoms with van der Waals surface area (Å²) in [5.41, 5.74) is 6.77. The summed E-state index contributed by atoms with van der Waals surface area (Å²) in [7, 11) is 0. The van der Waals surface area contributed by atoms with E-state index >= 15 is 0 Å². The van der Waals surface area contributed by atoms with Gasteiger partial charge in [-0.1, -0.05) is 32.0 Å². The maximum atomic E-state index is 9.33. The maximum Gasteiger partial charge on any atom is 0.124 e. The van der Waals surface area contributed by atoms with Crippen LogP contribution in [0.25, 0.3) is 0 Å². The normalized spacial score (nSPS) is 13.6. The minimum absolute atomic E-state index is 0.0502. The van der Waals surface area contributed by atoms with Gasteiger partial charge in [-0.25, -0.2) is 0 Å². The van der Waals surface area contributed by atoms with Crippen LogP contribution in [0.3, 0.4) is 0 Å². The molecule has 3 nitrogen and oxygen atoms in total. The van der Waals surface area contributed by atoms with Gasteiger partial charge in [-0.05, 0) is 13.0 Å². The topological polar surface area (TPSA) is 55.5 Å².